The third kappa shape index (κ3) is 5.94. The van der Waals surface area contributed by atoms with Gasteiger partial charge in [-0.1, -0.05) is 52.3 Å². The quantitative estimate of drug-likeness (QED) is 0.117. The van der Waals surface area contributed by atoms with Crippen molar-refractivity contribution < 1.29 is 23.9 Å². The van der Waals surface area contributed by atoms with E-state index >= 15 is 0 Å². The number of carbonyl (C=O) groups is 3. The number of ether oxygens (including phenoxy) is 2. The van der Waals surface area contributed by atoms with Crippen LogP contribution in [-0.2, 0) is 9.59 Å². The zero-order chi connectivity index (χ0) is 25.5. The van der Waals surface area contributed by atoms with E-state index in [1.165, 1.54) is 13.3 Å². The molecule has 0 aliphatic carbocycles. The average molecular weight is 546 g/mol. The van der Waals surface area contributed by atoms with E-state index in [9.17, 15) is 14.4 Å². The molecule has 4 rings (SSSR count). The largest absolute Gasteiger partial charge is 0.497 e. The molecule has 0 atom stereocenters. The Kier molecular flexibility index (Phi) is 7.72. The molecule has 0 radical (unpaired) electrons. The van der Waals surface area contributed by atoms with Crippen LogP contribution in [0.1, 0.15) is 15.9 Å². The lowest BCUT2D eigenvalue weighted by molar-refractivity contribution is -0.136. The standard InChI is InChI=1S/C27H20BrN3O5/c1-35-21-12-9-18(10-13-21)27(34)36-24-14-11-20(28)15-19(24)16-29-31-26(33)25(32)30-23-8-4-6-17-5-2-3-7-22(17)23/h2-16H,1H3,(H,30,32)(H,31,33)/b29-16-. The first-order valence-electron chi connectivity index (χ1n) is 10.7. The van der Waals surface area contributed by atoms with E-state index in [1.807, 2.05) is 30.3 Å². The molecule has 8 nitrogen and oxygen atoms in total. The molecule has 0 aliphatic heterocycles. The molecule has 2 amide bonds. The highest BCUT2D eigenvalue weighted by Crippen LogP contribution is 2.24. The second kappa shape index (κ2) is 11.3. The van der Waals surface area contributed by atoms with Gasteiger partial charge in [0.05, 0.1) is 18.9 Å². The van der Waals surface area contributed by atoms with Crippen LogP contribution in [0.5, 0.6) is 11.5 Å². The number of fused-ring (bicyclic) bond motifs is 1. The number of methoxy groups -OCH3 is 1. The molecule has 9 heteroatoms. The van der Waals surface area contributed by atoms with Gasteiger partial charge in [0, 0.05) is 21.1 Å². The van der Waals surface area contributed by atoms with E-state index in [2.05, 4.69) is 31.8 Å². The zero-order valence-electron chi connectivity index (χ0n) is 19.0. The van der Waals surface area contributed by atoms with Crippen molar-refractivity contribution in [2.75, 3.05) is 12.4 Å². The molecule has 0 unspecified atom stereocenters. The van der Waals surface area contributed by atoms with Crippen LogP contribution in [0.4, 0.5) is 5.69 Å². The van der Waals surface area contributed by atoms with Crippen LogP contribution in [0.2, 0.25) is 0 Å². The molecular formula is C27H20BrN3O5. The summed E-state index contributed by atoms with van der Waals surface area (Å²) in [5.41, 5.74) is 3.44. The molecule has 0 saturated carbocycles. The van der Waals surface area contributed by atoms with E-state index in [0.717, 1.165) is 10.8 Å². The Balaban J connectivity index is 1.42. The van der Waals surface area contributed by atoms with Gasteiger partial charge in [-0.25, -0.2) is 10.2 Å². The molecule has 180 valence electrons. The monoisotopic (exact) mass is 545 g/mol. The van der Waals surface area contributed by atoms with E-state index < -0.39 is 17.8 Å². The molecule has 0 spiro atoms. The minimum Gasteiger partial charge on any atom is -0.497 e. The van der Waals surface area contributed by atoms with Gasteiger partial charge in [-0.3, -0.25) is 9.59 Å². The number of anilines is 1. The fourth-order valence-electron chi connectivity index (χ4n) is 3.32. The molecule has 0 heterocycles. The maximum atomic E-state index is 12.5. The first-order valence-corrected chi connectivity index (χ1v) is 11.5. The van der Waals surface area contributed by atoms with Crippen molar-refractivity contribution in [3.8, 4) is 11.5 Å². The molecule has 4 aromatic carbocycles. The number of amides is 2. The van der Waals surface area contributed by atoms with Crippen molar-refractivity contribution in [3.05, 3.63) is 101 Å². The maximum absolute atomic E-state index is 12.5. The maximum Gasteiger partial charge on any atom is 0.343 e. The molecule has 0 aromatic heterocycles. The normalized spacial score (nSPS) is 10.7. The Bertz CT molecular complexity index is 1460. The highest BCUT2D eigenvalue weighted by molar-refractivity contribution is 9.10. The number of hydrogen-bond donors (Lipinski definition) is 2. The summed E-state index contributed by atoms with van der Waals surface area (Å²) in [4.78, 5) is 37.2. The van der Waals surface area contributed by atoms with Gasteiger partial charge in [-0.2, -0.15) is 5.10 Å². The summed E-state index contributed by atoms with van der Waals surface area (Å²) in [6, 6.07) is 24.3. The van der Waals surface area contributed by atoms with Crippen LogP contribution >= 0.6 is 15.9 Å². The number of nitrogens with zero attached hydrogens (tertiary/aromatic N) is 1. The Morgan fingerprint density at radius 2 is 1.64 bits per heavy atom. The summed E-state index contributed by atoms with van der Waals surface area (Å²) in [6.07, 6.45) is 1.28. The third-order valence-electron chi connectivity index (χ3n) is 5.11. The summed E-state index contributed by atoms with van der Waals surface area (Å²) in [6.45, 7) is 0. The second-order valence-electron chi connectivity index (χ2n) is 7.48. The number of carbonyl (C=O) groups excluding carboxylic acids is 3. The fourth-order valence-corrected chi connectivity index (χ4v) is 3.70. The smallest absolute Gasteiger partial charge is 0.343 e. The van der Waals surface area contributed by atoms with Crippen molar-refractivity contribution in [2.45, 2.75) is 0 Å². The van der Waals surface area contributed by atoms with Crippen molar-refractivity contribution in [1.82, 2.24) is 5.43 Å². The molecule has 4 aromatic rings. The lowest BCUT2D eigenvalue weighted by Gasteiger charge is -2.09. The molecule has 2 N–H and O–H groups in total. The number of rotatable bonds is 6. The number of hydrogen-bond acceptors (Lipinski definition) is 6. The van der Waals surface area contributed by atoms with Gasteiger partial charge < -0.3 is 14.8 Å². The number of benzene rings is 4. The number of esters is 1. The molecular weight excluding hydrogens is 526 g/mol. The van der Waals surface area contributed by atoms with Gasteiger partial charge in [0.25, 0.3) is 0 Å². The SMILES string of the molecule is COc1ccc(C(=O)Oc2ccc(Br)cc2/C=N\NC(=O)C(=O)Nc2cccc3ccccc23)cc1. The second-order valence-corrected chi connectivity index (χ2v) is 8.40. The topological polar surface area (TPSA) is 106 Å². The summed E-state index contributed by atoms with van der Waals surface area (Å²) >= 11 is 3.36. The molecule has 0 aliphatic rings. The number of hydrazone groups is 1. The minimum absolute atomic E-state index is 0.220. The van der Waals surface area contributed by atoms with Crippen molar-refractivity contribution >= 4 is 56.4 Å². The van der Waals surface area contributed by atoms with Crippen LogP contribution < -0.4 is 20.2 Å². The van der Waals surface area contributed by atoms with Gasteiger partial charge in [0.1, 0.15) is 11.5 Å². The predicted molar refractivity (Wildman–Crippen MR) is 140 cm³/mol. The van der Waals surface area contributed by atoms with Crippen LogP contribution in [0.15, 0.2) is 94.5 Å². The van der Waals surface area contributed by atoms with E-state index in [-0.39, 0.29) is 5.75 Å². The van der Waals surface area contributed by atoms with Gasteiger partial charge >= 0.3 is 17.8 Å². The van der Waals surface area contributed by atoms with Crippen LogP contribution in [0, 0.1) is 0 Å². The van der Waals surface area contributed by atoms with E-state index in [1.54, 1.807) is 54.6 Å². The first kappa shape index (κ1) is 24.6. The molecule has 0 bridgehead atoms. The summed E-state index contributed by atoms with van der Waals surface area (Å²) in [7, 11) is 1.53. The van der Waals surface area contributed by atoms with Crippen LogP contribution in [0.25, 0.3) is 10.8 Å². The Morgan fingerprint density at radius 1 is 0.889 bits per heavy atom. The van der Waals surface area contributed by atoms with Gasteiger partial charge in [0.2, 0.25) is 0 Å². The Hall–Kier alpha value is -4.50. The fraction of sp³-hybridized carbons (Fsp3) is 0.0370. The lowest BCUT2D eigenvalue weighted by Crippen LogP contribution is -2.32. The third-order valence-corrected chi connectivity index (χ3v) is 5.61. The Morgan fingerprint density at radius 3 is 2.42 bits per heavy atom. The summed E-state index contributed by atoms with van der Waals surface area (Å²) in [5.74, 6) is -1.57. The van der Waals surface area contributed by atoms with Gasteiger partial charge in [0.15, 0.2) is 0 Å². The van der Waals surface area contributed by atoms with Crippen molar-refractivity contribution in [3.63, 3.8) is 0 Å². The number of halogens is 1. The molecule has 36 heavy (non-hydrogen) atoms. The summed E-state index contributed by atoms with van der Waals surface area (Å²) in [5, 5.41) is 8.19. The average Bonchev–Trinajstić information content (AvgIpc) is 2.90. The lowest BCUT2D eigenvalue weighted by atomic mass is 10.1. The predicted octanol–water partition coefficient (Wildman–Crippen LogP) is 4.92. The van der Waals surface area contributed by atoms with Gasteiger partial charge in [-0.15, -0.1) is 0 Å². The zero-order valence-corrected chi connectivity index (χ0v) is 20.6. The molecule has 0 fully saturated rings. The highest BCUT2D eigenvalue weighted by atomic mass is 79.9. The number of nitrogens with one attached hydrogen (secondary N) is 2. The van der Waals surface area contributed by atoms with Crippen molar-refractivity contribution in [1.29, 1.82) is 0 Å². The molecule has 0 saturated heterocycles. The van der Waals surface area contributed by atoms with Crippen LogP contribution in [-0.4, -0.2) is 31.1 Å². The van der Waals surface area contributed by atoms with Crippen molar-refractivity contribution in [2.24, 2.45) is 5.10 Å². The van der Waals surface area contributed by atoms with E-state index in [4.69, 9.17) is 9.47 Å². The van der Waals surface area contributed by atoms with Gasteiger partial charge in [-0.05, 0) is 53.9 Å². The van der Waals surface area contributed by atoms with E-state index in [0.29, 0.717) is 27.0 Å². The van der Waals surface area contributed by atoms with Crippen LogP contribution in [0.3, 0.4) is 0 Å². The Labute approximate surface area is 215 Å². The minimum atomic E-state index is -0.953. The summed E-state index contributed by atoms with van der Waals surface area (Å²) < 4.78 is 11.3. The first-order chi connectivity index (χ1) is 17.4. The highest BCUT2D eigenvalue weighted by Gasteiger charge is 2.15.